The molecule has 17 heteroatoms. The fourth-order valence-corrected chi connectivity index (χ4v) is 5.03. The zero-order valence-electron chi connectivity index (χ0n) is 24.8. The van der Waals surface area contributed by atoms with Gasteiger partial charge in [-0.05, 0) is 61.1 Å². The van der Waals surface area contributed by atoms with Crippen molar-refractivity contribution in [2.24, 2.45) is 21.8 Å². The second-order valence-corrected chi connectivity index (χ2v) is 11.6. The van der Waals surface area contributed by atoms with Gasteiger partial charge in [-0.3, -0.25) is 14.9 Å². The van der Waals surface area contributed by atoms with Crippen molar-refractivity contribution in [3.8, 4) is 11.5 Å². The van der Waals surface area contributed by atoms with Crippen LogP contribution in [0.25, 0.3) is 0 Å². The second kappa shape index (κ2) is 16.1. The highest BCUT2D eigenvalue weighted by Crippen LogP contribution is 2.30. The number of hydrogen-bond acceptors (Lipinski definition) is 8. The third kappa shape index (κ3) is 11.6. The highest BCUT2D eigenvalue weighted by molar-refractivity contribution is 7.89. The smallest absolute Gasteiger partial charge is 0.490 e. The van der Waals surface area contributed by atoms with Gasteiger partial charge in [-0.15, -0.1) is 0 Å². The number of aliphatic carboxylic acids is 1. The summed E-state index contributed by atoms with van der Waals surface area (Å²) in [6, 6.07) is 8.54. The van der Waals surface area contributed by atoms with E-state index in [9.17, 15) is 31.2 Å². The number of carboxylic acid groups (broad SMARTS) is 1. The molecule has 2 amide bonds. The molecule has 1 saturated carbocycles. The number of carboxylic acids is 1. The van der Waals surface area contributed by atoms with E-state index < -0.39 is 40.0 Å². The van der Waals surface area contributed by atoms with Crippen molar-refractivity contribution in [1.82, 2.24) is 5.32 Å². The van der Waals surface area contributed by atoms with Gasteiger partial charge < -0.3 is 25.6 Å². The van der Waals surface area contributed by atoms with Crippen molar-refractivity contribution in [3.05, 3.63) is 47.5 Å². The van der Waals surface area contributed by atoms with Crippen molar-refractivity contribution in [2.75, 3.05) is 19.5 Å². The summed E-state index contributed by atoms with van der Waals surface area (Å²) in [6.07, 6.45) is -0.530. The number of hydrogen-bond donors (Lipinski definition) is 5. The molecule has 2 aromatic rings. The Balaban J connectivity index is 0.000000900. The molecule has 0 bridgehead atoms. The summed E-state index contributed by atoms with van der Waals surface area (Å²) in [5.74, 6) is -2.81. The molecule has 3 rings (SSSR count). The number of aryl methyl sites for hydroxylation is 1. The van der Waals surface area contributed by atoms with E-state index in [4.69, 9.17) is 30.2 Å². The average Bonchev–Trinajstić information content (AvgIpc) is 2.96. The number of alkyl halides is 3. The van der Waals surface area contributed by atoms with Crippen LogP contribution < -0.4 is 31.0 Å². The van der Waals surface area contributed by atoms with Crippen molar-refractivity contribution in [1.29, 1.82) is 0 Å². The Bertz CT molecular complexity index is 1510. The van der Waals surface area contributed by atoms with Crippen LogP contribution in [0, 0.1) is 12.8 Å². The first-order valence-corrected chi connectivity index (χ1v) is 15.1. The summed E-state index contributed by atoms with van der Waals surface area (Å²) in [5, 5.41) is 17.7. The molecule has 0 saturated heterocycles. The molecule has 0 heterocycles. The fourth-order valence-electron chi connectivity index (χ4n) is 4.49. The second-order valence-electron chi connectivity index (χ2n) is 10.1. The predicted octanol–water partition coefficient (Wildman–Crippen LogP) is 2.85. The molecule has 7 N–H and O–H groups in total. The minimum Gasteiger partial charge on any atom is -0.493 e. The Hall–Kier alpha value is -4.38. The van der Waals surface area contributed by atoms with E-state index in [1.807, 2.05) is 0 Å². The zero-order valence-corrected chi connectivity index (χ0v) is 25.6. The molecule has 1 aliphatic carbocycles. The number of primary sulfonamides is 1. The number of benzene rings is 2. The number of methoxy groups -OCH3 is 2. The van der Waals surface area contributed by atoms with Crippen LogP contribution in [-0.2, 0) is 30.8 Å². The van der Waals surface area contributed by atoms with Crippen LogP contribution in [0.15, 0.2) is 46.3 Å². The monoisotopic (exact) mass is 659 g/mol. The van der Waals surface area contributed by atoms with E-state index in [-0.39, 0.29) is 23.2 Å². The van der Waals surface area contributed by atoms with Crippen LogP contribution in [0.5, 0.6) is 11.5 Å². The third-order valence-electron chi connectivity index (χ3n) is 6.76. The van der Waals surface area contributed by atoms with Crippen molar-refractivity contribution in [3.63, 3.8) is 0 Å². The third-order valence-corrected chi connectivity index (χ3v) is 7.67. The quantitative estimate of drug-likeness (QED) is 0.197. The molecular weight excluding hydrogens is 623 g/mol. The number of ether oxygens (including phenoxy) is 2. The Morgan fingerprint density at radius 3 is 2.18 bits per heavy atom. The summed E-state index contributed by atoms with van der Waals surface area (Å²) in [4.78, 5) is 39.2. The van der Waals surface area contributed by atoms with Crippen LogP contribution in [0.4, 0.5) is 18.9 Å². The van der Waals surface area contributed by atoms with Crippen molar-refractivity contribution >= 4 is 39.5 Å². The molecule has 1 fully saturated rings. The topological polar surface area (TPSA) is 212 Å². The molecule has 45 heavy (non-hydrogen) atoms. The van der Waals surface area contributed by atoms with Gasteiger partial charge in [-0.25, -0.2) is 23.3 Å². The summed E-state index contributed by atoms with van der Waals surface area (Å²) in [7, 11) is -0.911. The SMILES string of the molecule is COc1ccc(CC(=O)NC(N)=N[C@@H](C(=O)Nc2cc(S(N)(=O)=O)ccc2C)C2CCCCC2)cc1OC.O=C(O)C(F)(F)F. The molecule has 0 spiro atoms. The number of aliphatic imine (C=N–C) groups is 1. The van der Waals surface area contributed by atoms with Gasteiger partial charge in [0.25, 0.3) is 0 Å². The molecular formula is C28H36F3N5O8S. The van der Waals surface area contributed by atoms with E-state index in [2.05, 4.69) is 15.6 Å². The van der Waals surface area contributed by atoms with E-state index in [1.165, 1.54) is 26.4 Å². The lowest BCUT2D eigenvalue weighted by Gasteiger charge is -2.27. The van der Waals surface area contributed by atoms with Crippen molar-refractivity contribution in [2.45, 2.75) is 62.6 Å². The Kier molecular flexibility index (Phi) is 13.2. The minimum atomic E-state index is -5.08. The molecule has 0 unspecified atom stereocenters. The molecule has 0 radical (unpaired) electrons. The van der Waals surface area contributed by atoms with E-state index >= 15 is 0 Å². The summed E-state index contributed by atoms with van der Waals surface area (Å²) in [5.41, 5.74) is 7.73. The molecule has 2 aromatic carbocycles. The number of sulfonamides is 1. The van der Waals surface area contributed by atoms with Gasteiger partial charge >= 0.3 is 12.1 Å². The Morgan fingerprint density at radius 1 is 1.04 bits per heavy atom. The maximum Gasteiger partial charge on any atom is 0.490 e. The number of nitrogens with two attached hydrogens (primary N) is 2. The van der Waals surface area contributed by atoms with E-state index in [0.29, 0.717) is 28.3 Å². The van der Waals surface area contributed by atoms with Gasteiger partial charge in [-0.2, -0.15) is 13.2 Å². The molecule has 0 aromatic heterocycles. The number of anilines is 1. The first-order chi connectivity index (χ1) is 21.0. The number of rotatable bonds is 9. The first-order valence-electron chi connectivity index (χ1n) is 13.5. The van der Waals surface area contributed by atoms with Gasteiger partial charge in [0.05, 0.1) is 25.5 Å². The predicted molar refractivity (Wildman–Crippen MR) is 158 cm³/mol. The van der Waals surface area contributed by atoms with Crippen LogP contribution in [0.3, 0.4) is 0 Å². The number of carbonyl (C=O) groups is 3. The molecule has 13 nitrogen and oxygen atoms in total. The minimum absolute atomic E-state index is 0.0103. The number of carbonyl (C=O) groups excluding carboxylic acids is 2. The zero-order chi connectivity index (χ0) is 33.9. The van der Waals surface area contributed by atoms with E-state index in [0.717, 1.165) is 32.1 Å². The van der Waals surface area contributed by atoms with Gasteiger partial charge in [0, 0.05) is 5.69 Å². The number of guanidine groups is 1. The fraction of sp³-hybridized carbons (Fsp3) is 0.429. The van der Waals surface area contributed by atoms with E-state index in [1.54, 1.807) is 31.2 Å². The lowest BCUT2D eigenvalue weighted by atomic mass is 9.83. The first kappa shape index (κ1) is 36.8. The normalized spacial score (nSPS) is 14.8. The number of nitrogens with zero attached hydrogens (tertiary/aromatic N) is 1. The Labute approximate surface area is 258 Å². The Morgan fingerprint density at radius 2 is 1.64 bits per heavy atom. The maximum atomic E-state index is 13.4. The van der Waals surface area contributed by atoms with Gasteiger partial charge in [0.15, 0.2) is 17.5 Å². The molecule has 248 valence electrons. The average molecular weight is 660 g/mol. The van der Waals surface area contributed by atoms with Crippen LogP contribution in [0.1, 0.15) is 43.2 Å². The highest BCUT2D eigenvalue weighted by atomic mass is 32.2. The largest absolute Gasteiger partial charge is 0.493 e. The summed E-state index contributed by atoms with van der Waals surface area (Å²) in [6.45, 7) is 1.74. The standard InChI is InChI=1S/C26H35N5O6S.C2HF3O2/c1-16-9-11-19(38(28,34)35)15-20(16)29-25(33)24(18-7-5-4-6-8-18)31-26(27)30-23(32)14-17-10-12-21(36-2)22(13-17)37-3;3-2(4,5)1(6)7/h9-13,15,18,24H,4-8,14H2,1-3H3,(H,29,33)(H2,28,34,35)(H3,27,30,31,32);(H,6,7)/t24-;/m1./s1. The van der Waals surface area contributed by atoms with Crippen LogP contribution in [0.2, 0.25) is 0 Å². The molecule has 0 aliphatic heterocycles. The highest BCUT2D eigenvalue weighted by Gasteiger charge is 2.38. The number of halogens is 3. The lowest BCUT2D eigenvalue weighted by molar-refractivity contribution is -0.192. The van der Waals surface area contributed by atoms with Gasteiger partial charge in [-0.1, -0.05) is 31.4 Å². The van der Waals surface area contributed by atoms with Crippen LogP contribution >= 0.6 is 0 Å². The van der Waals surface area contributed by atoms with Gasteiger partial charge in [0.1, 0.15) is 6.04 Å². The molecule has 1 aliphatic rings. The summed E-state index contributed by atoms with van der Waals surface area (Å²) >= 11 is 0. The summed E-state index contributed by atoms with van der Waals surface area (Å²) < 4.78 is 65.8. The maximum absolute atomic E-state index is 13.4. The number of amides is 2. The van der Waals surface area contributed by atoms with Crippen LogP contribution in [-0.4, -0.2) is 63.7 Å². The lowest BCUT2D eigenvalue weighted by Crippen LogP contribution is -2.42. The van der Waals surface area contributed by atoms with Crippen molar-refractivity contribution < 1.29 is 50.6 Å². The number of nitrogens with one attached hydrogen (secondary N) is 2. The molecule has 1 atom stereocenters. The van der Waals surface area contributed by atoms with Gasteiger partial charge in [0.2, 0.25) is 21.8 Å².